The summed E-state index contributed by atoms with van der Waals surface area (Å²) >= 11 is 11.0. The van der Waals surface area contributed by atoms with Crippen LogP contribution in [-0.2, 0) is 15.3 Å². The van der Waals surface area contributed by atoms with Crippen molar-refractivity contribution >= 4 is 51.2 Å². The summed E-state index contributed by atoms with van der Waals surface area (Å²) in [5, 5.41) is 8.69. The second-order valence-corrected chi connectivity index (χ2v) is 9.29. The molecule has 2 aromatic carbocycles. The van der Waals surface area contributed by atoms with Crippen molar-refractivity contribution in [3.8, 4) is 0 Å². The second-order valence-electron chi connectivity index (χ2n) is 7.03. The molecule has 1 unspecified atom stereocenters. The Morgan fingerprint density at radius 3 is 2.75 bits per heavy atom. The third kappa shape index (κ3) is 4.69. The van der Waals surface area contributed by atoms with Crippen LogP contribution in [-0.4, -0.2) is 27.3 Å². The fraction of sp³-hybridized carbons (Fsp3) is 0.227. The van der Waals surface area contributed by atoms with Gasteiger partial charge >= 0.3 is 5.97 Å². The fourth-order valence-corrected chi connectivity index (χ4v) is 4.81. The number of allylic oxidation sites excluding steroid dienone is 1. The monoisotopic (exact) mass is 536 g/mol. The molecule has 10 heteroatoms. The molecule has 2 heterocycles. The number of fused-ring (bicyclic) bond motifs is 1. The van der Waals surface area contributed by atoms with Crippen LogP contribution < -0.4 is 5.32 Å². The first-order chi connectivity index (χ1) is 15.4. The molecule has 0 bridgehead atoms. The van der Waals surface area contributed by atoms with Gasteiger partial charge in [-0.2, -0.15) is 4.98 Å². The number of anilines is 1. The first kappa shape index (κ1) is 22.8. The molecule has 32 heavy (non-hydrogen) atoms. The van der Waals surface area contributed by atoms with Crippen molar-refractivity contribution in [3.63, 3.8) is 0 Å². The van der Waals surface area contributed by atoms with E-state index in [2.05, 4.69) is 31.3 Å². The number of carbonyl (C=O) groups excluding carboxylic acids is 1. The second kappa shape index (κ2) is 9.64. The molecule has 1 aromatic heterocycles. The predicted molar refractivity (Wildman–Crippen MR) is 126 cm³/mol. The molecule has 1 aliphatic rings. The largest absolute Gasteiger partial charge is 0.463 e. The normalized spacial score (nSPS) is 15.3. The highest BCUT2D eigenvalue weighted by molar-refractivity contribution is 9.10. The molecule has 0 saturated carbocycles. The van der Waals surface area contributed by atoms with Gasteiger partial charge in [-0.1, -0.05) is 57.5 Å². The lowest BCUT2D eigenvalue weighted by atomic mass is 9.96. The summed E-state index contributed by atoms with van der Waals surface area (Å²) in [6.07, 6.45) is 0. The first-order valence-corrected chi connectivity index (χ1v) is 12.0. The van der Waals surface area contributed by atoms with Gasteiger partial charge in [0.2, 0.25) is 11.1 Å². The Labute approximate surface area is 202 Å². The van der Waals surface area contributed by atoms with Gasteiger partial charge in [0.05, 0.1) is 12.2 Å². The van der Waals surface area contributed by atoms with Gasteiger partial charge in [-0.05, 0) is 49.2 Å². The maximum absolute atomic E-state index is 13.3. The standard InChI is InChI=1S/C22H19BrClFN4O2S/c1-3-31-20(30)18-12(2)26-21-27-22(32-11-14-6-9-16(25)10-17(14)24)28-29(21)19(18)13-4-7-15(23)8-5-13/h4-10,19H,3,11H2,1-2H3,(H,26,27,28). The number of carbonyl (C=O) groups is 1. The molecule has 0 fully saturated rings. The molecular weight excluding hydrogens is 519 g/mol. The van der Waals surface area contributed by atoms with Crippen LogP contribution in [0.2, 0.25) is 5.02 Å². The van der Waals surface area contributed by atoms with E-state index < -0.39 is 12.0 Å². The molecule has 1 N–H and O–H groups in total. The van der Waals surface area contributed by atoms with Crippen LogP contribution >= 0.6 is 39.3 Å². The van der Waals surface area contributed by atoms with Crippen LogP contribution in [0.25, 0.3) is 0 Å². The van der Waals surface area contributed by atoms with Gasteiger partial charge in [-0.15, -0.1) is 5.10 Å². The molecule has 4 rings (SSSR count). The highest BCUT2D eigenvalue weighted by Crippen LogP contribution is 2.37. The Kier molecular flexibility index (Phi) is 6.88. The Balaban J connectivity index is 1.68. The van der Waals surface area contributed by atoms with Crippen molar-refractivity contribution in [2.24, 2.45) is 0 Å². The van der Waals surface area contributed by atoms with Crippen LogP contribution in [0.1, 0.15) is 31.0 Å². The van der Waals surface area contributed by atoms with Gasteiger partial charge in [0.25, 0.3) is 0 Å². The van der Waals surface area contributed by atoms with Gasteiger partial charge in [0.15, 0.2) is 0 Å². The number of hydrogen-bond acceptors (Lipinski definition) is 6. The number of nitrogens with one attached hydrogen (secondary N) is 1. The molecule has 0 saturated heterocycles. The van der Waals surface area contributed by atoms with Gasteiger partial charge in [-0.25, -0.2) is 13.9 Å². The summed E-state index contributed by atoms with van der Waals surface area (Å²) < 4.78 is 21.3. The maximum atomic E-state index is 13.3. The number of rotatable bonds is 6. The fourth-order valence-electron chi connectivity index (χ4n) is 3.40. The van der Waals surface area contributed by atoms with E-state index in [0.29, 0.717) is 33.2 Å². The highest BCUT2D eigenvalue weighted by Gasteiger charge is 2.35. The van der Waals surface area contributed by atoms with Gasteiger partial charge in [0.1, 0.15) is 11.9 Å². The Bertz CT molecular complexity index is 1200. The third-order valence-electron chi connectivity index (χ3n) is 4.89. The summed E-state index contributed by atoms with van der Waals surface area (Å²) in [5.41, 5.74) is 2.80. The van der Waals surface area contributed by atoms with E-state index in [0.717, 1.165) is 15.6 Å². The minimum absolute atomic E-state index is 0.270. The number of ether oxygens (including phenoxy) is 1. The van der Waals surface area contributed by atoms with E-state index in [9.17, 15) is 9.18 Å². The predicted octanol–water partition coefficient (Wildman–Crippen LogP) is 5.98. The first-order valence-electron chi connectivity index (χ1n) is 9.81. The van der Waals surface area contributed by atoms with E-state index in [1.165, 1.54) is 23.9 Å². The molecule has 166 valence electrons. The van der Waals surface area contributed by atoms with Crippen LogP contribution in [0, 0.1) is 5.82 Å². The maximum Gasteiger partial charge on any atom is 0.338 e. The lowest BCUT2D eigenvalue weighted by molar-refractivity contribution is -0.139. The van der Waals surface area contributed by atoms with Crippen molar-refractivity contribution < 1.29 is 13.9 Å². The zero-order valence-electron chi connectivity index (χ0n) is 17.2. The summed E-state index contributed by atoms with van der Waals surface area (Å²) in [4.78, 5) is 17.4. The number of nitrogens with zero attached hydrogens (tertiary/aromatic N) is 3. The van der Waals surface area contributed by atoms with E-state index in [1.54, 1.807) is 17.7 Å². The molecule has 0 radical (unpaired) electrons. The van der Waals surface area contributed by atoms with Crippen LogP contribution in [0.5, 0.6) is 0 Å². The summed E-state index contributed by atoms with van der Waals surface area (Å²) in [6.45, 7) is 3.86. The van der Waals surface area contributed by atoms with Crippen molar-refractivity contribution in [3.05, 3.63) is 80.2 Å². The van der Waals surface area contributed by atoms with E-state index in [-0.39, 0.29) is 12.4 Å². The van der Waals surface area contributed by atoms with Gasteiger partial charge in [0, 0.05) is 20.9 Å². The molecule has 1 atom stereocenters. The average molecular weight is 538 g/mol. The summed E-state index contributed by atoms with van der Waals surface area (Å²) in [7, 11) is 0. The Hall–Kier alpha value is -2.36. The van der Waals surface area contributed by atoms with Crippen LogP contribution in [0.4, 0.5) is 10.3 Å². The molecule has 1 aliphatic heterocycles. The van der Waals surface area contributed by atoms with Gasteiger partial charge in [-0.3, -0.25) is 0 Å². The number of aromatic nitrogens is 3. The van der Waals surface area contributed by atoms with E-state index >= 15 is 0 Å². The Morgan fingerprint density at radius 1 is 1.31 bits per heavy atom. The summed E-state index contributed by atoms with van der Waals surface area (Å²) in [6, 6.07) is 11.5. The van der Waals surface area contributed by atoms with Crippen molar-refractivity contribution in [2.75, 3.05) is 11.9 Å². The molecular formula is C22H19BrClFN4O2S. The lowest BCUT2D eigenvalue weighted by Crippen LogP contribution is -2.29. The quantitative estimate of drug-likeness (QED) is 0.308. The third-order valence-corrected chi connectivity index (χ3v) is 6.65. The zero-order valence-corrected chi connectivity index (χ0v) is 20.4. The molecule has 0 spiro atoms. The minimum atomic E-state index is -0.491. The number of halogens is 3. The van der Waals surface area contributed by atoms with Crippen molar-refractivity contribution in [2.45, 2.75) is 30.8 Å². The summed E-state index contributed by atoms with van der Waals surface area (Å²) in [5.74, 6) is 0.215. The SMILES string of the molecule is CCOC(=O)C1=C(C)Nc2nc(SCc3ccc(F)cc3Cl)nn2C1c1ccc(Br)cc1. The van der Waals surface area contributed by atoms with Gasteiger partial charge < -0.3 is 10.1 Å². The van der Waals surface area contributed by atoms with Crippen molar-refractivity contribution in [1.82, 2.24) is 14.8 Å². The molecule has 0 amide bonds. The minimum Gasteiger partial charge on any atom is -0.463 e. The highest BCUT2D eigenvalue weighted by atomic mass is 79.9. The van der Waals surface area contributed by atoms with E-state index in [4.69, 9.17) is 16.3 Å². The number of benzene rings is 2. The number of esters is 1. The number of thioether (sulfide) groups is 1. The molecule has 6 nitrogen and oxygen atoms in total. The van der Waals surface area contributed by atoms with E-state index in [1.807, 2.05) is 31.2 Å². The Morgan fingerprint density at radius 2 is 2.06 bits per heavy atom. The zero-order chi connectivity index (χ0) is 22.8. The van der Waals surface area contributed by atoms with Crippen LogP contribution in [0.3, 0.4) is 0 Å². The molecule has 0 aliphatic carbocycles. The lowest BCUT2D eigenvalue weighted by Gasteiger charge is -2.28. The van der Waals surface area contributed by atoms with Crippen molar-refractivity contribution in [1.29, 1.82) is 0 Å². The number of hydrogen-bond donors (Lipinski definition) is 1. The average Bonchev–Trinajstić information content (AvgIpc) is 3.15. The van der Waals surface area contributed by atoms with Crippen LogP contribution in [0.15, 0.2) is 63.4 Å². The smallest absolute Gasteiger partial charge is 0.338 e. The molecule has 3 aromatic rings. The topological polar surface area (TPSA) is 69.0 Å².